The van der Waals surface area contributed by atoms with Crippen molar-refractivity contribution in [3.05, 3.63) is 71.1 Å². The zero-order valence-electron chi connectivity index (χ0n) is 14.7. The molecule has 4 nitrogen and oxygen atoms in total. The molecule has 0 aliphatic rings. The molecule has 2 heterocycles. The van der Waals surface area contributed by atoms with Crippen LogP contribution in [0.1, 0.15) is 22.2 Å². The number of nitrogens with zero attached hydrogens (tertiary/aromatic N) is 2. The SMILES string of the molecule is CCn1c(-c2ccc(C(=O)Nc3ccc(C)cc3)s2)nc2ccccc21. The van der Waals surface area contributed by atoms with Crippen molar-refractivity contribution in [2.24, 2.45) is 0 Å². The third-order valence-electron chi connectivity index (χ3n) is 4.33. The quantitative estimate of drug-likeness (QED) is 0.533. The summed E-state index contributed by atoms with van der Waals surface area (Å²) in [5.41, 5.74) is 4.06. The van der Waals surface area contributed by atoms with Crippen LogP contribution in [0.2, 0.25) is 0 Å². The maximum absolute atomic E-state index is 12.5. The molecule has 5 heteroatoms. The van der Waals surface area contributed by atoms with Crippen molar-refractivity contribution in [2.75, 3.05) is 5.32 Å². The second-order valence-corrected chi connectivity index (χ2v) is 7.24. The smallest absolute Gasteiger partial charge is 0.265 e. The molecule has 1 N–H and O–H groups in total. The average molecular weight is 361 g/mol. The van der Waals surface area contributed by atoms with Crippen LogP contribution in [-0.4, -0.2) is 15.5 Å². The molecule has 0 aliphatic heterocycles. The van der Waals surface area contributed by atoms with Crippen molar-refractivity contribution < 1.29 is 4.79 Å². The van der Waals surface area contributed by atoms with Gasteiger partial charge in [-0.2, -0.15) is 0 Å². The van der Waals surface area contributed by atoms with Crippen LogP contribution in [0.5, 0.6) is 0 Å². The van der Waals surface area contributed by atoms with Crippen LogP contribution < -0.4 is 5.32 Å². The lowest BCUT2D eigenvalue weighted by molar-refractivity contribution is 0.103. The van der Waals surface area contributed by atoms with E-state index in [0.29, 0.717) is 4.88 Å². The van der Waals surface area contributed by atoms with Crippen LogP contribution in [0.3, 0.4) is 0 Å². The minimum atomic E-state index is -0.0933. The summed E-state index contributed by atoms with van der Waals surface area (Å²) < 4.78 is 2.18. The number of rotatable bonds is 4. The second-order valence-electron chi connectivity index (χ2n) is 6.15. The Labute approximate surface area is 156 Å². The molecule has 0 unspecified atom stereocenters. The zero-order chi connectivity index (χ0) is 18.1. The van der Waals surface area contributed by atoms with Gasteiger partial charge < -0.3 is 9.88 Å². The Morgan fingerprint density at radius 2 is 1.85 bits per heavy atom. The predicted octanol–water partition coefficient (Wildman–Crippen LogP) is 5.35. The van der Waals surface area contributed by atoms with Crippen LogP contribution in [0.25, 0.3) is 21.7 Å². The molecule has 0 spiro atoms. The van der Waals surface area contributed by atoms with Gasteiger partial charge in [0.1, 0.15) is 0 Å². The van der Waals surface area contributed by atoms with Crippen LogP contribution in [0.4, 0.5) is 5.69 Å². The van der Waals surface area contributed by atoms with Crippen LogP contribution in [0.15, 0.2) is 60.7 Å². The minimum Gasteiger partial charge on any atom is -0.324 e. The summed E-state index contributed by atoms with van der Waals surface area (Å²) in [5.74, 6) is 0.817. The molecule has 4 aromatic rings. The van der Waals surface area contributed by atoms with Crippen molar-refractivity contribution in [1.29, 1.82) is 0 Å². The topological polar surface area (TPSA) is 46.9 Å². The largest absolute Gasteiger partial charge is 0.324 e. The second kappa shape index (κ2) is 6.77. The molecular weight excluding hydrogens is 342 g/mol. The fourth-order valence-electron chi connectivity index (χ4n) is 2.99. The predicted molar refractivity (Wildman–Crippen MR) is 108 cm³/mol. The van der Waals surface area contributed by atoms with E-state index in [0.717, 1.165) is 34.0 Å². The van der Waals surface area contributed by atoms with Gasteiger partial charge in [0.2, 0.25) is 0 Å². The number of aromatic nitrogens is 2. The van der Waals surface area contributed by atoms with E-state index in [1.165, 1.54) is 16.9 Å². The van der Waals surface area contributed by atoms with Crippen molar-refractivity contribution in [3.8, 4) is 10.7 Å². The van der Waals surface area contributed by atoms with Gasteiger partial charge in [0.25, 0.3) is 5.91 Å². The third kappa shape index (κ3) is 3.02. The third-order valence-corrected chi connectivity index (χ3v) is 5.41. The lowest BCUT2D eigenvalue weighted by Gasteiger charge is -2.04. The molecule has 4 rings (SSSR count). The lowest BCUT2D eigenvalue weighted by atomic mass is 10.2. The summed E-state index contributed by atoms with van der Waals surface area (Å²) in [6.45, 7) is 4.96. The first kappa shape index (κ1) is 16.5. The first-order chi connectivity index (χ1) is 12.7. The van der Waals surface area contributed by atoms with Crippen LogP contribution in [-0.2, 0) is 6.54 Å². The number of hydrogen-bond donors (Lipinski definition) is 1. The van der Waals surface area contributed by atoms with Gasteiger partial charge in [-0.1, -0.05) is 29.8 Å². The van der Waals surface area contributed by atoms with E-state index in [2.05, 4.69) is 22.9 Å². The molecule has 2 aromatic heterocycles. The van der Waals surface area contributed by atoms with Gasteiger partial charge in [0, 0.05) is 12.2 Å². The van der Waals surface area contributed by atoms with Gasteiger partial charge >= 0.3 is 0 Å². The highest BCUT2D eigenvalue weighted by Gasteiger charge is 2.16. The number of imidazole rings is 1. The number of anilines is 1. The van der Waals surface area contributed by atoms with Crippen molar-refractivity contribution in [2.45, 2.75) is 20.4 Å². The van der Waals surface area contributed by atoms with E-state index in [1.54, 1.807) is 0 Å². The summed E-state index contributed by atoms with van der Waals surface area (Å²) in [4.78, 5) is 19.0. The lowest BCUT2D eigenvalue weighted by Crippen LogP contribution is -2.09. The number of aryl methyl sites for hydroxylation is 2. The van der Waals surface area contributed by atoms with E-state index in [-0.39, 0.29) is 5.91 Å². The number of para-hydroxylation sites is 2. The highest BCUT2D eigenvalue weighted by molar-refractivity contribution is 7.17. The molecule has 2 aromatic carbocycles. The van der Waals surface area contributed by atoms with E-state index in [4.69, 9.17) is 4.98 Å². The van der Waals surface area contributed by atoms with E-state index in [1.807, 2.05) is 61.5 Å². The summed E-state index contributed by atoms with van der Waals surface area (Å²) in [7, 11) is 0. The standard InChI is InChI=1S/C21H19N3OS/c1-3-24-17-7-5-4-6-16(17)23-20(24)18-12-13-19(26-18)21(25)22-15-10-8-14(2)9-11-15/h4-13H,3H2,1-2H3,(H,22,25). The maximum atomic E-state index is 12.5. The Kier molecular flexibility index (Phi) is 4.31. The summed E-state index contributed by atoms with van der Waals surface area (Å²) in [6.07, 6.45) is 0. The van der Waals surface area contributed by atoms with Gasteiger partial charge in [-0.3, -0.25) is 4.79 Å². The molecule has 26 heavy (non-hydrogen) atoms. The number of fused-ring (bicyclic) bond motifs is 1. The Hall–Kier alpha value is -2.92. The Morgan fingerprint density at radius 3 is 2.62 bits per heavy atom. The number of benzene rings is 2. The number of thiophene rings is 1. The first-order valence-corrected chi connectivity index (χ1v) is 9.41. The molecule has 0 aliphatic carbocycles. The van der Waals surface area contributed by atoms with E-state index >= 15 is 0 Å². The van der Waals surface area contributed by atoms with Gasteiger partial charge in [-0.05, 0) is 50.2 Å². The average Bonchev–Trinajstić information content (AvgIpc) is 3.27. The van der Waals surface area contributed by atoms with Crippen LogP contribution in [0, 0.1) is 6.92 Å². The van der Waals surface area contributed by atoms with Gasteiger partial charge in [0.05, 0.1) is 20.8 Å². The number of carbonyl (C=O) groups is 1. The maximum Gasteiger partial charge on any atom is 0.265 e. The first-order valence-electron chi connectivity index (χ1n) is 8.59. The van der Waals surface area contributed by atoms with E-state index in [9.17, 15) is 4.79 Å². The number of carbonyl (C=O) groups excluding carboxylic acids is 1. The highest BCUT2D eigenvalue weighted by atomic mass is 32.1. The molecule has 0 saturated carbocycles. The van der Waals surface area contributed by atoms with Crippen molar-refractivity contribution >= 4 is 34.0 Å². The van der Waals surface area contributed by atoms with Gasteiger partial charge in [-0.15, -0.1) is 11.3 Å². The molecule has 130 valence electrons. The van der Waals surface area contributed by atoms with Crippen molar-refractivity contribution in [1.82, 2.24) is 9.55 Å². The zero-order valence-corrected chi connectivity index (χ0v) is 15.5. The minimum absolute atomic E-state index is 0.0933. The Balaban J connectivity index is 1.64. The van der Waals surface area contributed by atoms with Gasteiger partial charge in [0.15, 0.2) is 5.82 Å². The normalized spacial score (nSPS) is 11.0. The Morgan fingerprint density at radius 1 is 1.08 bits per heavy atom. The number of amides is 1. The summed E-state index contributed by atoms with van der Waals surface area (Å²) in [5, 5.41) is 2.95. The fraction of sp³-hybridized carbons (Fsp3) is 0.143. The number of nitrogens with one attached hydrogen (secondary N) is 1. The molecule has 0 saturated heterocycles. The van der Waals surface area contributed by atoms with Gasteiger partial charge in [-0.25, -0.2) is 4.98 Å². The van der Waals surface area contributed by atoms with Crippen LogP contribution >= 0.6 is 11.3 Å². The summed E-state index contributed by atoms with van der Waals surface area (Å²) >= 11 is 1.47. The molecule has 1 amide bonds. The molecule has 0 radical (unpaired) electrons. The molecule has 0 atom stereocenters. The highest BCUT2D eigenvalue weighted by Crippen LogP contribution is 2.31. The fourth-order valence-corrected chi connectivity index (χ4v) is 3.89. The Bertz CT molecular complexity index is 1080. The monoisotopic (exact) mass is 361 g/mol. The molecular formula is C21H19N3OS. The van der Waals surface area contributed by atoms with Crippen molar-refractivity contribution in [3.63, 3.8) is 0 Å². The van der Waals surface area contributed by atoms with E-state index < -0.39 is 0 Å². The summed E-state index contributed by atoms with van der Waals surface area (Å²) in [6, 6.07) is 19.8. The number of hydrogen-bond acceptors (Lipinski definition) is 3. The molecule has 0 bridgehead atoms. The molecule has 0 fully saturated rings.